The SMILES string of the molecule is CC(C)C1CC2c3cccc4scc(c34)C[C@H]2N(C)C1. The second-order valence-corrected chi connectivity index (χ2v) is 7.95. The number of benzene rings is 1. The van der Waals surface area contributed by atoms with Crippen molar-refractivity contribution in [2.24, 2.45) is 11.8 Å². The fourth-order valence-electron chi connectivity index (χ4n) is 4.35. The number of rotatable bonds is 1. The smallest absolute Gasteiger partial charge is 0.0348 e. The van der Waals surface area contributed by atoms with Gasteiger partial charge in [-0.2, -0.15) is 0 Å². The monoisotopic (exact) mass is 285 g/mol. The van der Waals surface area contributed by atoms with Crippen molar-refractivity contribution >= 4 is 21.4 Å². The number of thiophene rings is 1. The van der Waals surface area contributed by atoms with Crippen LogP contribution >= 0.6 is 11.3 Å². The van der Waals surface area contributed by atoms with Crippen molar-refractivity contribution in [1.29, 1.82) is 0 Å². The van der Waals surface area contributed by atoms with Gasteiger partial charge in [0.2, 0.25) is 0 Å². The highest BCUT2D eigenvalue weighted by Gasteiger charge is 2.39. The third-order valence-electron chi connectivity index (χ3n) is 5.59. The second kappa shape index (κ2) is 4.57. The molecule has 0 radical (unpaired) electrons. The fourth-order valence-corrected chi connectivity index (χ4v) is 5.36. The molecule has 0 spiro atoms. The van der Waals surface area contributed by atoms with Gasteiger partial charge in [0, 0.05) is 23.2 Å². The Bertz CT molecular complexity index is 642. The third kappa shape index (κ3) is 1.78. The molecule has 2 unspecified atom stereocenters. The molecule has 0 saturated carbocycles. The van der Waals surface area contributed by atoms with Gasteiger partial charge in [-0.3, -0.25) is 0 Å². The fraction of sp³-hybridized carbons (Fsp3) is 0.556. The molecule has 1 nitrogen and oxygen atoms in total. The summed E-state index contributed by atoms with van der Waals surface area (Å²) in [5.41, 5.74) is 3.23. The first kappa shape index (κ1) is 12.8. The van der Waals surface area contributed by atoms with Crippen LogP contribution in [-0.4, -0.2) is 24.5 Å². The highest BCUT2D eigenvalue weighted by Crippen LogP contribution is 2.46. The molecule has 20 heavy (non-hydrogen) atoms. The summed E-state index contributed by atoms with van der Waals surface area (Å²) in [6, 6.07) is 7.67. The van der Waals surface area contributed by atoms with Crippen LogP contribution in [0.2, 0.25) is 0 Å². The molecular weight excluding hydrogens is 262 g/mol. The van der Waals surface area contributed by atoms with E-state index < -0.39 is 0 Å². The molecular formula is C18H23NS. The first-order valence-electron chi connectivity index (χ1n) is 7.84. The van der Waals surface area contributed by atoms with Crippen molar-refractivity contribution in [3.05, 3.63) is 34.7 Å². The average Bonchev–Trinajstić information content (AvgIpc) is 2.84. The Morgan fingerprint density at radius 3 is 2.95 bits per heavy atom. The lowest BCUT2D eigenvalue weighted by Crippen LogP contribution is -2.48. The van der Waals surface area contributed by atoms with Gasteiger partial charge in [0.05, 0.1) is 0 Å². The first-order valence-corrected chi connectivity index (χ1v) is 8.72. The molecule has 2 aliphatic rings. The van der Waals surface area contributed by atoms with E-state index in [1.807, 2.05) is 11.3 Å². The molecule has 1 aliphatic heterocycles. The molecule has 0 amide bonds. The molecule has 2 heteroatoms. The Morgan fingerprint density at radius 2 is 2.15 bits per heavy atom. The van der Waals surface area contributed by atoms with Gasteiger partial charge < -0.3 is 4.90 Å². The van der Waals surface area contributed by atoms with Crippen LogP contribution in [0.5, 0.6) is 0 Å². The second-order valence-electron chi connectivity index (χ2n) is 7.04. The Morgan fingerprint density at radius 1 is 1.30 bits per heavy atom. The van der Waals surface area contributed by atoms with E-state index in [1.54, 1.807) is 16.5 Å². The number of piperidine rings is 1. The number of fused-ring (bicyclic) bond motifs is 2. The lowest BCUT2D eigenvalue weighted by molar-refractivity contribution is 0.0903. The first-order chi connectivity index (χ1) is 9.65. The van der Waals surface area contributed by atoms with E-state index in [4.69, 9.17) is 0 Å². The van der Waals surface area contributed by atoms with Crippen molar-refractivity contribution in [3.63, 3.8) is 0 Å². The van der Waals surface area contributed by atoms with Gasteiger partial charge in [0.25, 0.3) is 0 Å². The Balaban J connectivity index is 1.83. The van der Waals surface area contributed by atoms with Gasteiger partial charge in [0.15, 0.2) is 0 Å². The Labute approximate surface area is 125 Å². The van der Waals surface area contributed by atoms with Gasteiger partial charge >= 0.3 is 0 Å². The van der Waals surface area contributed by atoms with Crippen LogP contribution in [-0.2, 0) is 6.42 Å². The summed E-state index contributed by atoms with van der Waals surface area (Å²) >= 11 is 1.93. The average molecular weight is 285 g/mol. The lowest BCUT2D eigenvalue weighted by atomic mass is 9.70. The van der Waals surface area contributed by atoms with E-state index in [1.165, 1.54) is 24.1 Å². The third-order valence-corrected chi connectivity index (χ3v) is 6.59. The highest BCUT2D eigenvalue weighted by molar-refractivity contribution is 7.17. The van der Waals surface area contributed by atoms with Crippen LogP contribution in [0.4, 0.5) is 0 Å². The molecule has 106 valence electrons. The summed E-state index contributed by atoms with van der Waals surface area (Å²) in [5, 5.41) is 3.99. The maximum atomic E-state index is 2.64. The van der Waals surface area contributed by atoms with Crippen molar-refractivity contribution in [2.75, 3.05) is 13.6 Å². The molecule has 4 rings (SSSR count). The zero-order valence-corrected chi connectivity index (χ0v) is 13.4. The molecule has 1 aromatic heterocycles. The summed E-state index contributed by atoms with van der Waals surface area (Å²) in [6.45, 7) is 6.05. The summed E-state index contributed by atoms with van der Waals surface area (Å²) < 4.78 is 1.49. The maximum absolute atomic E-state index is 2.64. The normalized spacial score (nSPS) is 29.9. The molecule has 1 aromatic carbocycles. The van der Waals surface area contributed by atoms with E-state index in [0.717, 1.165) is 23.8 Å². The minimum Gasteiger partial charge on any atom is -0.302 e. The number of hydrogen-bond acceptors (Lipinski definition) is 2. The quantitative estimate of drug-likeness (QED) is 0.745. The van der Waals surface area contributed by atoms with Gasteiger partial charge in [-0.25, -0.2) is 0 Å². The van der Waals surface area contributed by atoms with E-state index >= 15 is 0 Å². The minimum atomic E-state index is 0.720. The molecule has 3 atom stereocenters. The van der Waals surface area contributed by atoms with Gasteiger partial charge in [-0.15, -0.1) is 11.3 Å². The van der Waals surface area contributed by atoms with Crippen molar-refractivity contribution < 1.29 is 0 Å². The lowest BCUT2D eigenvalue weighted by Gasteiger charge is -2.46. The van der Waals surface area contributed by atoms with Crippen molar-refractivity contribution in [1.82, 2.24) is 4.90 Å². The number of hydrogen-bond donors (Lipinski definition) is 0. The van der Waals surface area contributed by atoms with E-state index in [-0.39, 0.29) is 0 Å². The van der Waals surface area contributed by atoms with E-state index in [2.05, 4.69) is 49.4 Å². The predicted molar refractivity (Wildman–Crippen MR) is 87.6 cm³/mol. The van der Waals surface area contributed by atoms with E-state index in [0.29, 0.717) is 0 Å². The molecule has 0 bridgehead atoms. The van der Waals surface area contributed by atoms with E-state index in [9.17, 15) is 0 Å². The Hall–Kier alpha value is -0.860. The number of likely N-dealkylation sites (tertiary alicyclic amines) is 1. The summed E-state index contributed by atoms with van der Waals surface area (Å²) in [6.07, 6.45) is 2.63. The van der Waals surface area contributed by atoms with Gasteiger partial charge in [0.1, 0.15) is 0 Å². The Kier molecular flexibility index (Phi) is 2.94. The zero-order valence-electron chi connectivity index (χ0n) is 12.6. The van der Waals surface area contributed by atoms with Gasteiger partial charge in [-0.1, -0.05) is 26.0 Å². The molecule has 0 N–H and O–H groups in total. The summed E-state index contributed by atoms with van der Waals surface area (Å²) in [7, 11) is 2.34. The standard InChI is InChI=1S/C18H23NS/c1-11(2)12-7-15-14-5-4-6-17-18(14)13(10-20-17)8-16(15)19(3)9-12/h4-6,10-12,15-16H,7-9H2,1-3H3/t12?,15?,16-/m1/s1. The topological polar surface area (TPSA) is 3.24 Å². The largest absolute Gasteiger partial charge is 0.302 e. The van der Waals surface area contributed by atoms with Crippen LogP contribution in [0, 0.1) is 11.8 Å². The van der Waals surface area contributed by atoms with Crippen molar-refractivity contribution in [2.45, 2.75) is 38.6 Å². The van der Waals surface area contributed by atoms with Crippen molar-refractivity contribution in [3.8, 4) is 0 Å². The van der Waals surface area contributed by atoms with Crippen LogP contribution in [0.1, 0.15) is 37.3 Å². The van der Waals surface area contributed by atoms with Crippen LogP contribution in [0.3, 0.4) is 0 Å². The van der Waals surface area contributed by atoms with Crippen LogP contribution < -0.4 is 0 Å². The van der Waals surface area contributed by atoms with Crippen LogP contribution in [0.15, 0.2) is 23.6 Å². The summed E-state index contributed by atoms with van der Waals surface area (Å²) in [5.74, 6) is 2.38. The maximum Gasteiger partial charge on any atom is 0.0348 e. The number of likely N-dealkylation sites (N-methyl/N-ethyl adjacent to an activating group) is 1. The molecule has 1 saturated heterocycles. The molecule has 2 heterocycles. The van der Waals surface area contributed by atoms with Gasteiger partial charge in [-0.05, 0) is 59.7 Å². The molecule has 1 aliphatic carbocycles. The molecule has 1 fully saturated rings. The number of nitrogens with zero attached hydrogens (tertiary/aromatic N) is 1. The molecule has 2 aromatic rings. The zero-order chi connectivity index (χ0) is 13.9. The van der Waals surface area contributed by atoms with Crippen LogP contribution in [0.25, 0.3) is 10.1 Å². The summed E-state index contributed by atoms with van der Waals surface area (Å²) in [4.78, 5) is 2.64. The minimum absolute atomic E-state index is 0.720. The predicted octanol–water partition coefficient (Wildman–Crippen LogP) is 4.52. The highest BCUT2D eigenvalue weighted by atomic mass is 32.1.